The number of carbonyl (C=O) groups is 1. The fraction of sp³-hybridized carbons (Fsp3) is 0.611. The first kappa shape index (κ1) is 17.6. The number of benzene rings is 1. The van der Waals surface area contributed by atoms with Crippen molar-refractivity contribution in [3.63, 3.8) is 0 Å². The van der Waals surface area contributed by atoms with Crippen molar-refractivity contribution in [1.82, 2.24) is 10.6 Å². The number of alkyl carbamates (subject to hydrolysis) is 1. The summed E-state index contributed by atoms with van der Waals surface area (Å²) in [4.78, 5) is 12.0. The van der Waals surface area contributed by atoms with Crippen LogP contribution in [0.25, 0.3) is 0 Å². The Balaban J connectivity index is 2.18. The van der Waals surface area contributed by atoms with Crippen molar-refractivity contribution in [3.8, 4) is 5.75 Å². The maximum atomic E-state index is 12.0. The van der Waals surface area contributed by atoms with E-state index in [2.05, 4.69) is 16.7 Å². The minimum absolute atomic E-state index is 0.130. The normalized spacial score (nSPS) is 17.4. The van der Waals surface area contributed by atoms with Crippen LogP contribution in [0.1, 0.15) is 39.2 Å². The van der Waals surface area contributed by atoms with Gasteiger partial charge in [0.25, 0.3) is 0 Å². The summed E-state index contributed by atoms with van der Waals surface area (Å²) in [5, 5.41) is 6.34. The van der Waals surface area contributed by atoms with Crippen molar-refractivity contribution < 1.29 is 14.3 Å². The molecule has 5 nitrogen and oxygen atoms in total. The van der Waals surface area contributed by atoms with Gasteiger partial charge in [0.2, 0.25) is 0 Å². The molecule has 0 saturated carbocycles. The van der Waals surface area contributed by atoms with Gasteiger partial charge >= 0.3 is 6.09 Å². The molecular weight excluding hydrogens is 292 g/mol. The molecule has 1 fully saturated rings. The van der Waals surface area contributed by atoms with E-state index in [1.54, 1.807) is 7.11 Å². The second-order valence-corrected chi connectivity index (χ2v) is 7.09. The van der Waals surface area contributed by atoms with Gasteiger partial charge in [-0.2, -0.15) is 0 Å². The number of piperidine rings is 1. The molecule has 1 aromatic rings. The van der Waals surface area contributed by atoms with Gasteiger partial charge in [0.1, 0.15) is 11.4 Å². The summed E-state index contributed by atoms with van der Waals surface area (Å²) in [6, 6.07) is 8.07. The summed E-state index contributed by atoms with van der Waals surface area (Å²) in [6.07, 6.45) is 1.53. The fourth-order valence-corrected chi connectivity index (χ4v) is 3.08. The molecule has 1 aromatic carbocycles. The highest BCUT2D eigenvalue weighted by Crippen LogP contribution is 2.38. The van der Waals surface area contributed by atoms with Gasteiger partial charge in [-0.15, -0.1) is 0 Å². The Morgan fingerprint density at radius 2 is 1.91 bits per heavy atom. The highest BCUT2D eigenvalue weighted by molar-refractivity contribution is 5.68. The van der Waals surface area contributed by atoms with Crippen LogP contribution in [0.2, 0.25) is 0 Å². The Labute approximate surface area is 138 Å². The van der Waals surface area contributed by atoms with Gasteiger partial charge < -0.3 is 20.1 Å². The number of para-hydroxylation sites is 1. The van der Waals surface area contributed by atoms with Crippen LogP contribution in [0.15, 0.2) is 24.3 Å². The predicted molar refractivity (Wildman–Crippen MR) is 91.0 cm³/mol. The van der Waals surface area contributed by atoms with Crippen molar-refractivity contribution in [2.75, 3.05) is 26.7 Å². The molecule has 5 heteroatoms. The third-order valence-corrected chi connectivity index (χ3v) is 4.21. The monoisotopic (exact) mass is 320 g/mol. The van der Waals surface area contributed by atoms with Crippen LogP contribution < -0.4 is 15.4 Å². The Kier molecular flexibility index (Phi) is 5.52. The van der Waals surface area contributed by atoms with E-state index in [0.717, 1.165) is 37.2 Å². The quantitative estimate of drug-likeness (QED) is 0.895. The molecule has 2 N–H and O–H groups in total. The zero-order valence-electron chi connectivity index (χ0n) is 14.6. The maximum absolute atomic E-state index is 12.0. The van der Waals surface area contributed by atoms with E-state index in [9.17, 15) is 4.79 Å². The van der Waals surface area contributed by atoms with E-state index in [-0.39, 0.29) is 11.5 Å². The maximum Gasteiger partial charge on any atom is 0.407 e. The van der Waals surface area contributed by atoms with E-state index >= 15 is 0 Å². The lowest BCUT2D eigenvalue weighted by Gasteiger charge is -2.39. The zero-order valence-corrected chi connectivity index (χ0v) is 14.6. The van der Waals surface area contributed by atoms with Gasteiger partial charge in [-0.05, 0) is 52.8 Å². The van der Waals surface area contributed by atoms with Gasteiger partial charge in [-0.1, -0.05) is 18.2 Å². The number of rotatable bonds is 4. The third kappa shape index (κ3) is 4.61. The van der Waals surface area contributed by atoms with E-state index in [0.29, 0.717) is 6.54 Å². The molecule has 0 radical (unpaired) electrons. The topological polar surface area (TPSA) is 59.6 Å². The molecule has 23 heavy (non-hydrogen) atoms. The Bertz CT molecular complexity index is 531. The van der Waals surface area contributed by atoms with E-state index in [1.807, 2.05) is 39.0 Å². The zero-order chi connectivity index (χ0) is 16.9. The van der Waals surface area contributed by atoms with Crippen LogP contribution in [-0.2, 0) is 10.2 Å². The first-order valence-corrected chi connectivity index (χ1v) is 8.17. The van der Waals surface area contributed by atoms with E-state index < -0.39 is 5.60 Å². The van der Waals surface area contributed by atoms with Crippen LogP contribution in [0.5, 0.6) is 5.75 Å². The third-order valence-electron chi connectivity index (χ3n) is 4.21. The Hall–Kier alpha value is -1.75. The van der Waals surface area contributed by atoms with Crippen LogP contribution in [0.3, 0.4) is 0 Å². The largest absolute Gasteiger partial charge is 0.496 e. The number of ether oxygens (including phenoxy) is 2. The van der Waals surface area contributed by atoms with Gasteiger partial charge in [-0.25, -0.2) is 4.79 Å². The summed E-state index contributed by atoms with van der Waals surface area (Å²) >= 11 is 0. The summed E-state index contributed by atoms with van der Waals surface area (Å²) in [5.74, 6) is 0.875. The summed E-state index contributed by atoms with van der Waals surface area (Å²) in [5.41, 5.74) is 0.532. The van der Waals surface area contributed by atoms with Crippen molar-refractivity contribution in [2.45, 2.75) is 44.6 Å². The lowest BCUT2D eigenvalue weighted by Crippen LogP contribution is -2.48. The molecule has 1 aliphatic rings. The van der Waals surface area contributed by atoms with Crippen molar-refractivity contribution in [2.24, 2.45) is 0 Å². The Morgan fingerprint density at radius 1 is 1.26 bits per heavy atom. The standard InChI is InChI=1S/C18H28N2O3/c1-17(2,3)23-16(21)20-13-18(9-11-19-12-10-18)14-7-5-6-8-15(14)22-4/h5-8,19H,9-13H2,1-4H3,(H,20,21). The molecule has 1 aliphatic heterocycles. The van der Waals surface area contributed by atoms with Gasteiger partial charge in [0.15, 0.2) is 0 Å². The first-order valence-electron chi connectivity index (χ1n) is 8.17. The van der Waals surface area contributed by atoms with E-state index in [4.69, 9.17) is 9.47 Å². The molecule has 1 saturated heterocycles. The fourth-order valence-electron chi connectivity index (χ4n) is 3.08. The molecule has 0 atom stereocenters. The minimum atomic E-state index is -0.490. The summed E-state index contributed by atoms with van der Waals surface area (Å²) < 4.78 is 10.9. The molecule has 0 aromatic heterocycles. The number of amides is 1. The number of hydrogen-bond acceptors (Lipinski definition) is 4. The van der Waals surface area contributed by atoms with Crippen molar-refractivity contribution in [1.29, 1.82) is 0 Å². The van der Waals surface area contributed by atoms with Crippen LogP contribution in [-0.4, -0.2) is 38.4 Å². The molecule has 1 amide bonds. The lowest BCUT2D eigenvalue weighted by molar-refractivity contribution is 0.0508. The van der Waals surface area contributed by atoms with Crippen molar-refractivity contribution in [3.05, 3.63) is 29.8 Å². The van der Waals surface area contributed by atoms with Crippen LogP contribution in [0, 0.1) is 0 Å². The smallest absolute Gasteiger partial charge is 0.407 e. The van der Waals surface area contributed by atoms with Gasteiger partial charge in [0.05, 0.1) is 7.11 Å². The predicted octanol–water partition coefficient (Wildman–Crippen LogP) is 2.84. The van der Waals surface area contributed by atoms with Gasteiger partial charge in [0, 0.05) is 17.5 Å². The first-order chi connectivity index (χ1) is 10.9. The van der Waals surface area contributed by atoms with Crippen LogP contribution >= 0.6 is 0 Å². The van der Waals surface area contributed by atoms with Crippen molar-refractivity contribution >= 4 is 6.09 Å². The highest BCUT2D eigenvalue weighted by Gasteiger charge is 2.36. The second-order valence-electron chi connectivity index (χ2n) is 7.09. The van der Waals surface area contributed by atoms with Gasteiger partial charge in [-0.3, -0.25) is 0 Å². The van der Waals surface area contributed by atoms with E-state index in [1.165, 1.54) is 0 Å². The van der Waals surface area contributed by atoms with Crippen LogP contribution in [0.4, 0.5) is 4.79 Å². The number of carbonyl (C=O) groups excluding carboxylic acids is 1. The highest BCUT2D eigenvalue weighted by atomic mass is 16.6. The molecule has 0 spiro atoms. The molecule has 2 rings (SSSR count). The molecule has 128 valence electrons. The SMILES string of the molecule is COc1ccccc1C1(CNC(=O)OC(C)(C)C)CCNCC1. The number of hydrogen-bond donors (Lipinski definition) is 2. The Morgan fingerprint density at radius 3 is 2.52 bits per heavy atom. The summed E-state index contributed by atoms with van der Waals surface area (Å²) in [7, 11) is 1.69. The molecule has 1 heterocycles. The molecule has 0 unspecified atom stereocenters. The molecular formula is C18H28N2O3. The second kappa shape index (κ2) is 7.21. The molecule has 0 aliphatic carbocycles. The average Bonchev–Trinajstić information content (AvgIpc) is 2.52. The minimum Gasteiger partial charge on any atom is -0.496 e. The number of methoxy groups -OCH3 is 1. The lowest BCUT2D eigenvalue weighted by atomic mass is 9.72. The summed E-state index contributed by atoms with van der Waals surface area (Å²) in [6.45, 7) is 8.00. The number of nitrogens with one attached hydrogen (secondary N) is 2. The average molecular weight is 320 g/mol. The molecule has 0 bridgehead atoms.